The monoisotopic (exact) mass is 123 g/mol. The number of nitrogens with one attached hydrogen (secondary N) is 1. The van der Waals surface area contributed by atoms with Crippen LogP contribution in [0.4, 0.5) is 0 Å². The van der Waals surface area contributed by atoms with Crippen LogP contribution in [0, 0.1) is 12.3 Å². The van der Waals surface area contributed by atoms with E-state index in [-0.39, 0.29) is 10.8 Å². The van der Waals surface area contributed by atoms with E-state index < -0.39 is 0 Å². The lowest BCUT2D eigenvalue weighted by Gasteiger charge is -2.03. The van der Waals surface area contributed by atoms with Crippen LogP contribution in [0.5, 0.6) is 0 Å². The van der Waals surface area contributed by atoms with Crippen LogP contribution in [0.1, 0.15) is 18.1 Å². The minimum atomic E-state index is -0.0602. The van der Waals surface area contributed by atoms with Gasteiger partial charge in [-0.25, -0.2) is 0 Å². The molecule has 0 heterocycles. The molecule has 0 fully saturated rings. The molecule has 9 heavy (non-hydrogen) atoms. The molecule has 0 aliphatic carbocycles. The Hall–Kier alpha value is -0.920. The Morgan fingerprint density at radius 1 is 1.56 bits per heavy atom. The van der Waals surface area contributed by atoms with E-state index in [2.05, 4.69) is 0 Å². The maximum Gasteiger partial charge on any atom is 0.207 e. The fourth-order valence-corrected chi connectivity index (χ4v) is 1.01. The van der Waals surface area contributed by atoms with Crippen LogP contribution in [-0.2, 0) is 6.42 Å². The van der Waals surface area contributed by atoms with Crippen molar-refractivity contribution in [2.75, 3.05) is 0 Å². The Labute approximate surface area is 53.4 Å². The van der Waals surface area contributed by atoms with E-state index in [1.807, 2.05) is 13.8 Å². The van der Waals surface area contributed by atoms with Gasteiger partial charge in [0, 0.05) is 5.56 Å². The summed E-state index contributed by atoms with van der Waals surface area (Å²) in [5, 5.41) is 7.27. The van der Waals surface area contributed by atoms with Gasteiger partial charge in [-0.2, -0.15) is 0 Å². The standard InChI is InChI=1S/C7H9NO/c1-3-5-4(2)6(8)7(5)9/h8H,3H2,1-2H3. The van der Waals surface area contributed by atoms with Crippen LogP contribution in [0.2, 0.25) is 0 Å². The van der Waals surface area contributed by atoms with Gasteiger partial charge in [0.05, 0.1) is 0 Å². The first-order valence-electron chi connectivity index (χ1n) is 3.01. The fraction of sp³-hybridized carbons (Fsp3) is 0.429. The molecule has 0 aromatic heterocycles. The Bertz CT molecular complexity index is 292. The molecule has 0 bridgehead atoms. The Balaban J connectivity index is 3.25. The summed E-state index contributed by atoms with van der Waals surface area (Å²) in [6.07, 6.45) is 0.771. The predicted molar refractivity (Wildman–Crippen MR) is 35.1 cm³/mol. The van der Waals surface area contributed by atoms with E-state index in [0.29, 0.717) is 0 Å². The Morgan fingerprint density at radius 3 is 2.33 bits per heavy atom. The quantitative estimate of drug-likeness (QED) is 0.572. The average molecular weight is 123 g/mol. The normalized spacial score (nSPS) is 10.4. The summed E-state index contributed by atoms with van der Waals surface area (Å²) in [7, 11) is 0. The Kier molecular flexibility index (Phi) is 1.24. The number of hydrogen-bond acceptors (Lipinski definition) is 2. The molecule has 0 saturated carbocycles. The molecule has 0 aliphatic heterocycles. The molecule has 1 aromatic carbocycles. The third-order valence-corrected chi connectivity index (χ3v) is 1.68. The van der Waals surface area contributed by atoms with Crippen molar-refractivity contribution in [3.8, 4) is 0 Å². The fourth-order valence-electron chi connectivity index (χ4n) is 1.01. The molecule has 0 saturated heterocycles. The van der Waals surface area contributed by atoms with Gasteiger partial charge in [-0.05, 0) is 18.9 Å². The van der Waals surface area contributed by atoms with Crippen LogP contribution in [0.15, 0.2) is 4.79 Å². The third kappa shape index (κ3) is 0.626. The van der Waals surface area contributed by atoms with Gasteiger partial charge in [0.25, 0.3) is 0 Å². The topological polar surface area (TPSA) is 40.9 Å². The molecule has 2 nitrogen and oxygen atoms in total. The second-order valence-electron chi connectivity index (χ2n) is 2.16. The SMILES string of the molecule is CCc1c(C)c(=N)c1=O. The highest BCUT2D eigenvalue weighted by atomic mass is 16.1. The van der Waals surface area contributed by atoms with Gasteiger partial charge in [-0.15, -0.1) is 0 Å². The molecule has 1 rings (SSSR count). The van der Waals surface area contributed by atoms with Crippen molar-refractivity contribution >= 4 is 0 Å². The summed E-state index contributed by atoms with van der Waals surface area (Å²) < 4.78 is 0. The smallest absolute Gasteiger partial charge is 0.207 e. The van der Waals surface area contributed by atoms with E-state index >= 15 is 0 Å². The third-order valence-electron chi connectivity index (χ3n) is 1.68. The average Bonchev–Trinajstić information content (AvgIpc) is 1.89. The lowest BCUT2D eigenvalue weighted by molar-refractivity contribution is 0.986. The van der Waals surface area contributed by atoms with Crippen molar-refractivity contribution in [3.63, 3.8) is 0 Å². The molecule has 0 aliphatic rings. The Morgan fingerprint density at radius 2 is 2.11 bits per heavy atom. The molecule has 0 atom stereocenters. The summed E-state index contributed by atoms with van der Waals surface area (Å²) in [6.45, 7) is 3.76. The van der Waals surface area contributed by atoms with E-state index in [0.717, 1.165) is 17.5 Å². The molecule has 1 aromatic rings. The van der Waals surface area contributed by atoms with Gasteiger partial charge in [-0.1, -0.05) is 6.92 Å². The van der Waals surface area contributed by atoms with Gasteiger partial charge >= 0.3 is 0 Å². The molecule has 2 heteroatoms. The second-order valence-corrected chi connectivity index (χ2v) is 2.16. The zero-order valence-corrected chi connectivity index (χ0v) is 5.62. The molecule has 1 N–H and O–H groups in total. The summed E-state index contributed by atoms with van der Waals surface area (Å²) in [6, 6.07) is 0. The zero-order chi connectivity index (χ0) is 7.02. The molecule has 0 radical (unpaired) electrons. The maximum absolute atomic E-state index is 10.7. The van der Waals surface area contributed by atoms with Gasteiger partial charge in [0.1, 0.15) is 5.36 Å². The minimum absolute atomic E-state index is 0.0602. The highest BCUT2D eigenvalue weighted by Gasteiger charge is 2.09. The molecule has 0 unspecified atom stereocenters. The molecule has 48 valence electrons. The first-order chi connectivity index (χ1) is 4.18. The summed E-state index contributed by atoms with van der Waals surface area (Å²) in [4.78, 5) is 10.7. The van der Waals surface area contributed by atoms with E-state index in [9.17, 15) is 4.79 Å². The van der Waals surface area contributed by atoms with Gasteiger partial charge in [-0.3, -0.25) is 10.2 Å². The number of hydrogen-bond donors (Lipinski definition) is 1. The van der Waals surface area contributed by atoms with Crippen molar-refractivity contribution in [2.24, 2.45) is 0 Å². The van der Waals surface area contributed by atoms with E-state index in [4.69, 9.17) is 5.41 Å². The largest absolute Gasteiger partial charge is 0.297 e. The second kappa shape index (κ2) is 1.79. The summed E-state index contributed by atoms with van der Waals surface area (Å²) >= 11 is 0. The highest BCUT2D eigenvalue weighted by molar-refractivity contribution is 5.29. The minimum Gasteiger partial charge on any atom is -0.297 e. The maximum atomic E-state index is 10.7. The van der Waals surface area contributed by atoms with Crippen LogP contribution in [0.3, 0.4) is 0 Å². The molecule has 0 amide bonds. The van der Waals surface area contributed by atoms with Gasteiger partial charge < -0.3 is 0 Å². The van der Waals surface area contributed by atoms with Crippen LogP contribution in [-0.4, -0.2) is 0 Å². The lowest BCUT2D eigenvalue weighted by Crippen LogP contribution is -2.37. The van der Waals surface area contributed by atoms with E-state index in [1.54, 1.807) is 0 Å². The van der Waals surface area contributed by atoms with E-state index in [1.165, 1.54) is 0 Å². The van der Waals surface area contributed by atoms with Crippen molar-refractivity contribution < 1.29 is 0 Å². The molecular formula is C7H9NO. The first kappa shape index (κ1) is 6.20. The van der Waals surface area contributed by atoms with Gasteiger partial charge in [0.2, 0.25) is 5.43 Å². The summed E-state index contributed by atoms with van der Waals surface area (Å²) in [5.74, 6) is 0. The van der Waals surface area contributed by atoms with Crippen LogP contribution < -0.4 is 10.8 Å². The first-order valence-corrected chi connectivity index (χ1v) is 3.01. The summed E-state index contributed by atoms with van der Waals surface area (Å²) in [5.41, 5.74) is 1.65. The highest BCUT2D eigenvalue weighted by Crippen LogP contribution is 1.96. The molecular weight excluding hydrogens is 114 g/mol. The van der Waals surface area contributed by atoms with Crippen molar-refractivity contribution in [3.05, 3.63) is 26.7 Å². The van der Waals surface area contributed by atoms with Crippen LogP contribution >= 0.6 is 0 Å². The van der Waals surface area contributed by atoms with Crippen LogP contribution in [0.25, 0.3) is 0 Å². The molecule has 0 spiro atoms. The predicted octanol–water partition coefficient (Wildman–Crippen LogP) is 0.273. The van der Waals surface area contributed by atoms with Crippen molar-refractivity contribution in [2.45, 2.75) is 20.3 Å². The van der Waals surface area contributed by atoms with Crippen molar-refractivity contribution in [1.29, 1.82) is 5.41 Å². The zero-order valence-electron chi connectivity index (χ0n) is 5.62. The van der Waals surface area contributed by atoms with Gasteiger partial charge in [0.15, 0.2) is 0 Å². The van der Waals surface area contributed by atoms with Crippen molar-refractivity contribution in [1.82, 2.24) is 0 Å². The number of rotatable bonds is 1. The lowest BCUT2D eigenvalue weighted by atomic mass is 10.0.